The molecule has 0 spiro atoms. The van der Waals surface area contributed by atoms with Crippen molar-refractivity contribution in [2.75, 3.05) is 7.11 Å². The van der Waals surface area contributed by atoms with Crippen LogP contribution in [-0.2, 0) is 29.1 Å². The molecule has 1 amide bonds. The van der Waals surface area contributed by atoms with E-state index in [9.17, 15) is 4.79 Å². The zero-order valence-corrected chi connectivity index (χ0v) is 12.7. The summed E-state index contributed by atoms with van der Waals surface area (Å²) >= 11 is 6.06. The second kappa shape index (κ2) is 7.81. The molecule has 110 valence electrons. The average molecular weight is 304 g/mol. The second-order valence-corrected chi connectivity index (χ2v) is 5.15. The molecule has 0 heterocycles. The lowest BCUT2D eigenvalue weighted by Crippen LogP contribution is -2.25. The summed E-state index contributed by atoms with van der Waals surface area (Å²) in [5, 5.41) is 3.54. The number of methoxy groups -OCH3 is 1. The molecule has 0 aliphatic rings. The number of halogens is 1. The highest BCUT2D eigenvalue weighted by atomic mass is 35.5. The second-order valence-electron chi connectivity index (χ2n) is 4.75. The van der Waals surface area contributed by atoms with Crippen LogP contribution >= 0.6 is 11.6 Å². The third kappa shape index (κ3) is 4.59. The van der Waals surface area contributed by atoms with Gasteiger partial charge in [-0.3, -0.25) is 4.79 Å². The molecule has 2 aromatic rings. The van der Waals surface area contributed by atoms with Crippen LogP contribution in [0.25, 0.3) is 0 Å². The highest BCUT2D eigenvalue weighted by Crippen LogP contribution is 2.15. The molecule has 0 radical (unpaired) electrons. The van der Waals surface area contributed by atoms with Gasteiger partial charge in [0.05, 0.1) is 13.0 Å². The largest absolute Gasteiger partial charge is 0.380 e. The van der Waals surface area contributed by atoms with Crippen LogP contribution in [0, 0.1) is 0 Å². The lowest BCUT2D eigenvalue weighted by Gasteiger charge is -2.10. The highest BCUT2D eigenvalue weighted by Gasteiger charge is 2.07. The van der Waals surface area contributed by atoms with E-state index in [2.05, 4.69) is 5.32 Å². The minimum Gasteiger partial charge on any atom is -0.380 e. The van der Waals surface area contributed by atoms with Crippen molar-refractivity contribution in [1.82, 2.24) is 5.32 Å². The highest BCUT2D eigenvalue weighted by molar-refractivity contribution is 6.31. The van der Waals surface area contributed by atoms with E-state index in [4.69, 9.17) is 16.3 Å². The van der Waals surface area contributed by atoms with E-state index in [1.807, 2.05) is 42.5 Å². The number of carbonyl (C=O) groups is 1. The van der Waals surface area contributed by atoms with Gasteiger partial charge in [0.15, 0.2) is 0 Å². The van der Waals surface area contributed by atoms with E-state index in [0.29, 0.717) is 18.2 Å². The summed E-state index contributed by atoms with van der Waals surface area (Å²) in [7, 11) is 1.66. The van der Waals surface area contributed by atoms with E-state index >= 15 is 0 Å². The first-order valence-corrected chi connectivity index (χ1v) is 7.14. The quantitative estimate of drug-likeness (QED) is 0.889. The van der Waals surface area contributed by atoms with Gasteiger partial charge in [-0.1, -0.05) is 54.1 Å². The summed E-state index contributed by atoms with van der Waals surface area (Å²) in [6.07, 6.45) is 0.284. The summed E-state index contributed by atoms with van der Waals surface area (Å²) in [6.45, 7) is 1.03. The Labute approximate surface area is 129 Å². The predicted octanol–water partition coefficient (Wildman–Crippen LogP) is 3.35. The van der Waals surface area contributed by atoms with E-state index in [0.717, 1.165) is 16.7 Å². The summed E-state index contributed by atoms with van der Waals surface area (Å²) in [5.74, 6) is -0.0460. The zero-order chi connectivity index (χ0) is 15.1. The number of hydrogen-bond acceptors (Lipinski definition) is 2. The van der Waals surface area contributed by atoms with Gasteiger partial charge >= 0.3 is 0 Å². The molecule has 2 aromatic carbocycles. The van der Waals surface area contributed by atoms with E-state index in [1.165, 1.54) is 0 Å². The van der Waals surface area contributed by atoms with Gasteiger partial charge in [0.2, 0.25) is 5.91 Å². The number of nitrogens with one attached hydrogen (secondary N) is 1. The van der Waals surface area contributed by atoms with E-state index < -0.39 is 0 Å². The number of amides is 1. The Morgan fingerprint density at radius 3 is 2.33 bits per heavy atom. The number of benzene rings is 2. The van der Waals surface area contributed by atoms with Crippen molar-refractivity contribution in [1.29, 1.82) is 0 Å². The fourth-order valence-corrected chi connectivity index (χ4v) is 2.30. The van der Waals surface area contributed by atoms with Gasteiger partial charge in [-0.25, -0.2) is 0 Å². The van der Waals surface area contributed by atoms with Crippen molar-refractivity contribution in [2.24, 2.45) is 0 Å². The van der Waals surface area contributed by atoms with Crippen LogP contribution in [0.1, 0.15) is 16.7 Å². The molecule has 0 aliphatic heterocycles. The minimum atomic E-state index is -0.0460. The van der Waals surface area contributed by atoms with Gasteiger partial charge in [-0.15, -0.1) is 0 Å². The van der Waals surface area contributed by atoms with Gasteiger partial charge in [-0.05, 0) is 22.8 Å². The molecular formula is C17H18ClNO2. The standard InChI is InChI=1S/C17H18ClNO2/c1-21-12-15-8-3-2-7-14(15)11-19-17(20)10-13-6-4-5-9-16(13)18/h2-9H,10-12H2,1H3,(H,19,20). The Morgan fingerprint density at radius 2 is 1.67 bits per heavy atom. The Hall–Kier alpha value is -1.84. The van der Waals surface area contributed by atoms with E-state index in [1.54, 1.807) is 13.2 Å². The molecule has 21 heavy (non-hydrogen) atoms. The minimum absolute atomic E-state index is 0.0460. The number of hydrogen-bond donors (Lipinski definition) is 1. The molecule has 2 rings (SSSR count). The molecule has 0 fully saturated rings. The Kier molecular flexibility index (Phi) is 5.78. The van der Waals surface area contributed by atoms with Gasteiger partial charge < -0.3 is 10.1 Å². The van der Waals surface area contributed by atoms with Crippen molar-refractivity contribution in [2.45, 2.75) is 19.6 Å². The van der Waals surface area contributed by atoms with Crippen LogP contribution in [0.3, 0.4) is 0 Å². The monoisotopic (exact) mass is 303 g/mol. The molecule has 0 atom stereocenters. The van der Waals surface area contributed by atoms with Crippen LogP contribution < -0.4 is 5.32 Å². The van der Waals surface area contributed by atoms with E-state index in [-0.39, 0.29) is 12.3 Å². The maximum absolute atomic E-state index is 12.0. The fraction of sp³-hybridized carbons (Fsp3) is 0.235. The van der Waals surface area contributed by atoms with Gasteiger partial charge in [0.1, 0.15) is 0 Å². The van der Waals surface area contributed by atoms with Crippen LogP contribution in [0.4, 0.5) is 0 Å². The molecule has 0 bridgehead atoms. The molecule has 3 nitrogen and oxygen atoms in total. The maximum Gasteiger partial charge on any atom is 0.224 e. The van der Waals surface area contributed by atoms with Crippen molar-refractivity contribution in [3.63, 3.8) is 0 Å². The SMILES string of the molecule is COCc1ccccc1CNC(=O)Cc1ccccc1Cl. The average Bonchev–Trinajstić information content (AvgIpc) is 2.49. The van der Waals surface area contributed by atoms with Crippen LogP contribution in [0.15, 0.2) is 48.5 Å². The first-order chi connectivity index (χ1) is 10.2. The van der Waals surface area contributed by atoms with Crippen molar-refractivity contribution < 1.29 is 9.53 Å². The number of ether oxygens (including phenoxy) is 1. The molecular weight excluding hydrogens is 286 g/mol. The topological polar surface area (TPSA) is 38.3 Å². The van der Waals surface area contributed by atoms with Gasteiger partial charge in [0, 0.05) is 18.7 Å². The fourth-order valence-electron chi connectivity index (χ4n) is 2.10. The molecule has 0 saturated heterocycles. The summed E-state index contributed by atoms with van der Waals surface area (Å²) in [5.41, 5.74) is 2.98. The first-order valence-electron chi connectivity index (χ1n) is 6.76. The third-order valence-electron chi connectivity index (χ3n) is 3.20. The zero-order valence-electron chi connectivity index (χ0n) is 11.9. The summed E-state index contributed by atoms with van der Waals surface area (Å²) in [4.78, 5) is 12.0. The Balaban J connectivity index is 1.94. The lowest BCUT2D eigenvalue weighted by atomic mass is 10.1. The summed E-state index contributed by atoms with van der Waals surface area (Å²) in [6, 6.07) is 15.3. The molecule has 0 unspecified atom stereocenters. The Bertz CT molecular complexity index is 613. The predicted molar refractivity (Wildman–Crippen MR) is 84.2 cm³/mol. The van der Waals surface area contributed by atoms with Crippen LogP contribution in [0.5, 0.6) is 0 Å². The normalized spacial score (nSPS) is 10.4. The van der Waals surface area contributed by atoms with Gasteiger partial charge in [-0.2, -0.15) is 0 Å². The lowest BCUT2D eigenvalue weighted by molar-refractivity contribution is -0.120. The number of rotatable bonds is 6. The van der Waals surface area contributed by atoms with Crippen molar-refractivity contribution >= 4 is 17.5 Å². The molecule has 0 aliphatic carbocycles. The molecule has 1 N–H and O–H groups in total. The smallest absolute Gasteiger partial charge is 0.224 e. The number of carbonyl (C=O) groups excluding carboxylic acids is 1. The first kappa shape index (κ1) is 15.5. The van der Waals surface area contributed by atoms with Crippen molar-refractivity contribution in [3.05, 3.63) is 70.2 Å². The molecule has 4 heteroatoms. The van der Waals surface area contributed by atoms with Crippen molar-refractivity contribution in [3.8, 4) is 0 Å². The van der Waals surface area contributed by atoms with Gasteiger partial charge in [0.25, 0.3) is 0 Å². The van der Waals surface area contributed by atoms with Crippen LogP contribution in [0.2, 0.25) is 5.02 Å². The molecule has 0 aromatic heterocycles. The third-order valence-corrected chi connectivity index (χ3v) is 3.57. The maximum atomic E-state index is 12.0. The van der Waals surface area contributed by atoms with Crippen LogP contribution in [-0.4, -0.2) is 13.0 Å². The Morgan fingerprint density at radius 1 is 1.05 bits per heavy atom. The summed E-state index contributed by atoms with van der Waals surface area (Å²) < 4.78 is 5.16. The molecule has 0 saturated carbocycles.